The predicted octanol–water partition coefficient (Wildman–Crippen LogP) is 3.30. The summed E-state index contributed by atoms with van der Waals surface area (Å²) in [4.78, 5) is 15.9. The lowest BCUT2D eigenvalue weighted by molar-refractivity contribution is 0.104. The number of ketones is 1. The molecule has 0 amide bonds. The second-order valence-corrected chi connectivity index (χ2v) is 4.99. The number of benzene rings is 2. The molecule has 3 aromatic rings. The van der Waals surface area contributed by atoms with Crippen LogP contribution < -0.4 is 10.5 Å². The number of aryl methyl sites for hydroxylation is 1. The topological polar surface area (TPSA) is 68.1 Å². The minimum Gasteiger partial charge on any atom is -0.495 e. The molecule has 21 heavy (non-hydrogen) atoms. The monoisotopic (exact) mass is 280 g/mol. The lowest BCUT2D eigenvalue weighted by Gasteiger charge is -2.07. The third-order valence-corrected chi connectivity index (χ3v) is 3.65. The van der Waals surface area contributed by atoms with Gasteiger partial charge in [-0.1, -0.05) is 12.1 Å². The lowest BCUT2D eigenvalue weighted by Crippen LogP contribution is -2.02. The first-order chi connectivity index (χ1) is 10.1. The number of fused-ring (bicyclic) bond motifs is 1. The number of carbonyl (C=O) groups is 1. The number of nitrogens with one attached hydrogen (secondary N) is 1. The van der Waals surface area contributed by atoms with Gasteiger partial charge in [-0.25, -0.2) is 0 Å². The zero-order valence-electron chi connectivity index (χ0n) is 11.9. The number of aromatic amines is 1. The van der Waals surface area contributed by atoms with Crippen molar-refractivity contribution in [3.8, 4) is 5.75 Å². The van der Waals surface area contributed by atoms with Crippen molar-refractivity contribution in [1.82, 2.24) is 4.98 Å². The summed E-state index contributed by atoms with van der Waals surface area (Å²) in [5, 5.41) is 0.957. The molecule has 2 aromatic carbocycles. The molecule has 106 valence electrons. The zero-order valence-corrected chi connectivity index (χ0v) is 11.9. The van der Waals surface area contributed by atoms with Crippen LogP contribution in [0, 0.1) is 6.92 Å². The first-order valence-electron chi connectivity index (χ1n) is 6.66. The van der Waals surface area contributed by atoms with E-state index in [4.69, 9.17) is 10.5 Å². The van der Waals surface area contributed by atoms with Crippen molar-refractivity contribution in [1.29, 1.82) is 0 Å². The summed E-state index contributed by atoms with van der Waals surface area (Å²) in [6.07, 6.45) is 1.75. The largest absolute Gasteiger partial charge is 0.495 e. The van der Waals surface area contributed by atoms with E-state index in [0.717, 1.165) is 16.5 Å². The van der Waals surface area contributed by atoms with Crippen LogP contribution in [0.5, 0.6) is 5.75 Å². The second kappa shape index (κ2) is 4.98. The Morgan fingerprint density at radius 2 is 2.05 bits per heavy atom. The summed E-state index contributed by atoms with van der Waals surface area (Å²) in [6, 6.07) is 11.0. The van der Waals surface area contributed by atoms with E-state index < -0.39 is 0 Å². The minimum atomic E-state index is -0.0474. The number of nitrogen functional groups attached to an aromatic ring is 1. The number of hydrogen-bond acceptors (Lipinski definition) is 3. The molecule has 0 spiro atoms. The van der Waals surface area contributed by atoms with Crippen molar-refractivity contribution in [2.24, 2.45) is 0 Å². The molecule has 4 heteroatoms. The molecular formula is C17H16N2O2. The van der Waals surface area contributed by atoms with Gasteiger partial charge in [0.25, 0.3) is 0 Å². The van der Waals surface area contributed by atoms with Crippen LogP contribution in [-0.4, -0.2) is 17.9 Å². The average Bonchev–Trinajstić information content (AvgIpc) is 2.92. The van der Waals surface area contributed by atoms with E-state index in [2.05, 4.69) is 4.98 Å². The Morgan fingerprint density at radius 3 is 2.81 bits per heavy atom. The first kappa shape index (κ1) is 13.2. The van der Waals surface area contributed by atoms with Gasteiger partial charge in [-0.2, -0.15) is 0 Å². The number of H-pyrrole nitrogens is 1. The Labute approximate surface area is 122 Å². The van der Waals surface area contributed by atoms with Crippen LogP contribution in [0.15, 0.2) is 42.6 Å². The lowest BCUT2D eigenvalue weighted by atomic mass is 9.99. The molecule has 0 atom stereocenters. The van der Waals surface area contributed by atoms with Gasteiger partial charge in [0.1, 0.15) is 5.75 Å². The van der Waals surface area contributed by atoms with E-state index in [1.165, 1.54) is 7.11 Å². The summed E-state index contributed by atoms with van der Waals surface area (Å²) in [6.45, 7) is 2.00. The molecule has 0 unspecified atom stereocenters. The normalized spacial score (nSPS) is 10.8. The molecule has 0 saturated carbocycles. The number of ether oxygens (including phenoxy) is 1. The maximum atomic E-state index is 12.7. The van der Waals surface area contributed by atoms with Crippen molar-refractivity contribution in [2.75, 3.05) is 12.8 Å². The van der Waals surface area contributed by atoms with Crippen LogP contribution in [0.3, 0.4) is 0 Å². The highest BCUT2D eigenvalue weighted by Crippen LogP contribution is 2.27. The number of methoxy groups -OCH3 is 1. The summed E-state index contributed by atoms with van der Waals surface area (Å²) in [5.74, 6) is 0.464. The fraction of sp³-hybridized carbons (Fsp3) is 0.118. The molecule has 3 rings (SSSR count). The summed E-state index contributed by atoms with van der Waals surface area (Å²) < 4.78 is 5.18. The van der Waals surface area contributed by atoms with E-state index in [9.17, 15) is 4.79 Å². The van der Waals surface area contributed by atoms with Crippen molar-refractivity contribution in [3.63, 3.8) is 0 Å². The van der Waals surface area contributed by atoms with Gasteiger partial charge >= 0.3 is 0 Å². The van der Waals surface area contributed by atoms with Crippen LogP contribution in [0.2, 0.25) is 0 Å². The molecule has 0 aliphatic carbocycles. The van der Waals surface area contributed by atoms with Gasteiger partial charge < -0.3 is 15.5 Å². The van der Waals surface area contributed by atoms with Crippen molar-refractivity contribution in [2.45, 2.75) is 6.92 Å². The van der Waals surface area contributed by atoms with Crippen molar-refractivity contribution in [3.05, 3.63) is 59.3 Å². The number of anilines is 1. The third-order valence-electron chi connectivity index (χ3n) is 3.65. The number of aromatic nitrogens is 1. The van der Waals surface area contributed by atoms with Crippen LogP contribution in [0.4, 0.5) is 5.69 Å². The molecule has 4 nitrogen and oxygen atoms in total. The number of nitrogens with two attached hydrogens (primary N) is 1. The Hall–Kier alpha value is -2.75. The van der Waals surface area contributed by atoms with Gasteiger partial charge in [0.2, 0.25) is 0 Å². The maximum Gasteiger partial charge on any atom is 0.195 e. The van der Waals surface area contributed by atoms with Crippen molar-refractivity contribution < 1.29 is 9.53 Å². The van der Waals surface area contributed by atoms with Gasteiger partial charge in [0.15, 0.2) is 5.78 Å². The van der Waals surface area contributed by atoms with Crippen LogP contribution in [0.1, 0.15) is 21.5 Å². The molecule has 0 fully saturated rings. The summed E-state index contributed by atoms with van der Waals surface area (Å²) in [7, 11) is 1.54. The van der Waals surface area contributed by atoms with Gasteiger partial charge in [0.05, 0.1) is 12.8 Å². The maximum absolute atomic E-state index is 12.7. The zero-order chi connectivity index (χ0) is 15.0. The highest BCUT2D eigenvalue weighted by atomic mass is 16.5. The Morgan fingerprint density at radius 1 is 1.24 bits per heavy atom. The van der Waals surface area contributed by atoms with Crippen LogP contribution >= 0.6 is 0 Å². The fourth-order valence-corrected chi connectivity index (χ4v) is 2.55. The fourth-order valence-electron chi connectivity index (χ4n) is 2.55. The van der Waals surface area contributed by atoms with E-state index in [-0.39, 0.29) is 5.78 Å². The molecule has 3 N–H and O–H groups in total. The molecule has 1 heterocycles. The van der Waals surface area contributed by atoms with Gasteiger partial charge in [-0.05, 0) is 36.8 Å². The summed E-state index contributed by atoms with van der Waals surface area (Å²) >= 11 is 0. The third kappa shape index (κ3) is 2.14. The van der Waals surface area contributed by atoms with E-state index in [1.807, 2.05) is 25.1 Å². The molecule has 0 aliphatic heterocycles. The van der Waals surface area contributed by atoms with Crippen LogP contribution in [0.25, 0.3) is 10.9 Å². The number of carbonyl (C=O) groups excluding carboxylic acids is 1. The molecular weight excluding hydrogens is 264 g/mol. The van der Waals surface area contributed by atoms with Gasteiger partial charge in [-0.15, -0.1) is 0 Å². The minimum absolute atomic E-state index is 0.0474. The Bertz CT molecular complexity index is 834. The van der Waals surface area contributed by atoms with Gasteiger partial charge in [0, 0.05) is 28.2 Å². The molecule has 0 saturated heterocycles. The molecule has 0 radical (unpaired) electrons. The van der Waals surface area contributed by atoms with E-state index >= 15 is 0 Å². The Kier molecular flexibility index (Phi) is 3.14. The van der Waals surface area contributed by atoms with Crippen molar-refractivity contribution >= 4 is 22.4 Å². The highest BCUT2D eigenvalue weighted by Gasteiger charge is 2.16. The Balaban J connectivity index is 2.13. The smallest absolute Gasteiger partial charge is 0.195 e. The molecule has 0 bridgehead atoms. The standard InChI is InChI=1S/C17H16N2O2/c1-10-4-3-5-14-16(10)12(9-19-14)17(20)11-6-7-13(18)15(8-11)21-2/h3-9,19H,18H2,1-2H3. The average molecular weight is 280 g/mol. The molecule has 1 aromatic heterocycles. The second-order valence-electron chi connectivity index (χ2n) is 4.99. The number of rotatable bonds is 3. The van der Waals surface area contributed by atoms with Gasteiger partial charge in [-0.3, -0.25) is 4.79 Å². The summed E-state index contributed by atoms with van der Waals surface area (Å²) in [5.41, 5.74) is 9.56. The SMILES string of the molecule is COc1cc(C(=O)c2c[nH]c3cccc(C)c23)ccc1N. The highest BCUT2D eigenvalue weighted by molar-refractivity contribution is 6.17. The van der Waals surface area contributed by atoms with Crippen LogP contribution in [-0.2, 0) is 0 Å². The number of hydrogen-bond donors (Lipinski definition) is 2. The quantitative estimate of drug-likeness (QED) is 0.571. The first-order valence-corrected chi connectivity index (χ1v) is 6.66. The van der Waals surface area contributed by atoms with E-state index in [0.29, 0.717) is 22.6 Å². The molecule has 0 aliphatic rings. The van der Waals surface area contributed by atoms with E-state index in [1.54, 1.807) is 24.4 Å². The predicted molar refractivity (Wildman–Crippen MR) is 83.9 cm³/mol.